The minimum atomic E-state index is -4.51. The van der Waals surface area contributed by atoms with Crippen LogP contribution in [0.2, 0.25) is 0 Å². The largest absolute Gasteiger partial charge is 0.436 e. The van der Waals surface area contributed by atoms with Crippen LogP contribution in [0.4, 0.5) is 13.2 Å². The molecule has 0 fully saturated rings. The third-order valence-electron chi connectivity index (χ3n) is 2.97. The van der Waals surface area contributed by atoms with Gasteiger partial charge in [0.2, 0.25) is 5.91 Å². The summed E-state index contributed by atoms with van der Waals surface area (Å²) in [5, 5.41) is 6.27. The van der Waals surface area contributed by atoms with Gasteiger partial charge in [-0.1, -0.05) is 6.92 Å². The van der Waals surface area contributed by atoms with E-state index in [4.69, 9.17) is 0 Å². The average molecular weight is 356 g/mol. The van der Waals surface area contributed by atoms with Gasteiger partial charge < -0.3 is 5.32 Å². The second-order valence-electron chi connectivity index (χ2n) is 4.60. The Morgan fingerprint density at radius 1 is 1.50 bits per heavy atom. The lowest BCUT2D eigenvalue weighted by Crippen LogP contribution is -2.32. The van der Waals surface area contributed by atoms with Crippen molar-refractivity contribution in [1.82, 2.24) is 15.1 Å². The van der Waals surface area contributed by atoms with E-state index in [1.54, 1.807) is 0 Å². The number of hydrogen-bond acceptors (Lipinski definition) is 2. The molecule has 1 heterocycles. The second kappa shape index (κ2) is 6.60. The van der Waals surface area contributed by atoms with Gasteiger partial charge in [0.05, 0.1) is 16.7 Å². The predicted molar refractivity (Wildman–Crippen MR) is 72.2 cm³/mol. The van der Waals surface area contributed by atoms with Crippen molar-refractivity contribution in [3.63, 3.8) is 0 Å². The molecule has 1 aromatic rings. The number of nitrogens with zero attached hydrogens (tertiary/aromatic N) is 2. The molecule has 4 nitrogen and oxygen atoms in total. The van der Waals surface area contributed by atoms with Gasteiger partial charge in [-0.15, -0.1) is 0 Å². The molecule has 8 heteroatoms. The minimum absolute atomic E-state index is 0.0543. The van der Waals surface area contributed by atoms with Crippen molar-refractivity contribution in [2.75, 3.05) is 0 Å². The molecule has 0 radical (unpaired) electrons. The van der Waals surface area contributed by atoms with E-state index in [0.29, 0.717) is 5.69 Å². The SMILES string of the molecule is CCC(C)NC(=O)CCn1nc(C(F)(F)F)c(Br)c1C. The van der Waals surface area contributed by atoms with Crippen molar-refractivity contribution >= 4 is 21.8 Å². The molecule has 0 saturated carbocycles. The first-order chi connectivity index (χ1) is 9.16. The highest BCUT2D eigenvalue weighted by Gasteiger charge is 2.37. The zero-order valence-corrected chi connectivity index (χ0v) is 13.1. The molecule has 0 aliphatic heterocycles. The highest BCUT2D eigenvalue weighted by Crippen LogP contribution is 2.35. The van der Waals surface area contributed by atoms with E-state index in [1.165, 1.54) is 11.6 Å². The van der Waals surface area contributed by atoms with Crippen LogP contribution in [0, 0.1) is 6.92 Å². The molecule has 0 aliphatic carbocycles. The molecule has 1 amide bonds. The first-order valence-corrected chi connectivity index (χ1v) is 7.05. The van der Waals surface area contributed by atoms with E-state index >= 15 is 0 Å². The number of aromatic nitrogens is 2. The Bertz CT molecular complexity index is 485. The zero-order chi connectivity index (χ0) is 15.5. The Morgan fingerprint density at radius 2 is 2.10 bits per heavy atom. The van der Waals surface area contributed by atoms with E-state index in [9.17, 15) is 18.0 Å². The van der Waals surface area contributed by atoms with E-state index in [2.05, 4.69) is 26.3 Å². The quantitative estimate of drug-likeness (QED) is 0.880. The maximum absolute atomic E-state index is 12.7. The van der Waals surface area contributed by atoms with Gasteiger partial charge in [0.25, 0.3) is 0 Å². The van der Waals surface area contributed by atoms with Crippen LogP contribution in [0.1, 0.15) is 38.1 Å². The number of nitrogens with one attached hydrogen (secondary N) is 1. The maximum atomic E-state index is 12.7. The Labute approximate surface area is 123 Å². The fourth-order valence-corrected chi connectivity index (χ4v) is 2.09. The Morgan fingerprint density at radius 3 is 2.55 bits per heavy atom. The molecule has 0 spiro atoms. The van der Waals surface area contributed by atoms with Crippen molar-refractivity contribution in [1.29, 1.82) is 0 Å². The predicted octanol–water partition coefficient (Wildman–Crippen LogP) is 3.28. The molecule has 114 valence electrons. The molecule has 0 aliphatic rings. The van der Waals surface area contributed by atoms with Crippen LogP contribution in [-0.2, 0) is 17.5 Å². The molecular formula is C12H17BrF3N3O. The first kappa shape index (κ1) is 17.0. The summed E-state index contributed by atoms with van der Waals surface area (Å²) in [4.78, 5) is 11.6. The van der Waals surface area contributed by atoms with Gasteiger partial charge >= 0.3 is 6.18 Å². The van der Waals surface area contributed by atoms with E-state index in [0.717, 1.165) is 6.42 Å². The number of amides is 1. The Hall–Kier alpha value is -1.05. The summed E-state index contributed by atoms with van der Waals surface area (Å²) < 4.78 is 39.1. The van der Waals surface area contributed by atoms with Crippen LogP contribution in [0.3, 0.4) is 0 Å². The van der Waals surface area contributed by atoms with Gasteiger partial charge in [-0.3, -0.25) is 9.48 Å². The topological polar surface area (TPSA) is 46.9 Å². The summed E-state index contributed by atoms with van der Waals surface area (Å²) in [6.07, 6.45) is -3.61. The standard InChI is InChI=1S/C12H17BrF3N3O/c1-4-7(2)17-9(20)5-6-19-8(3)10(13)11(18-19)12(14,15)16/h7H,4-6H2,1-3H3,(H,17,20). The van der Waals surface area contributed by atoms with Gasteiger partial charge in [0, 0.05) is 12.5 Å². The van der Waals surface area contributed by atoms with Crippen molar-refractivity contribution in [2.24, 2.45) is 0 Å². The highest BCUT2D eigenvalue weighted by molar-refractivity contribution is 9.10. The zero-order valence-electron chi connectivity index (χ0n) is 11.5. The van der Waals surface area contributed by atoms with E-state index in [1.807, 2.05) is 13.8 Å². The van der Waals surface area contributed by atoms with Crippen LogP contribution in [-0.4, -0.2) is 21.7 Å². The van der Waals surface area contributed by atoms with Gasteiger partial charge in [-0.2, -0.15) is 18.3 Å². The third-order valence-corrected chi connectivity index (χ3v) is 3.92. The summed E-state index contributed by atoms with van der Waals surface area (Å²) in [6, 6.07) is 0.0543. The number of rotatable bonds is 5. The lowest BCUT2D eigenvalue weighted by molar-refractivity contribution is -0.142. The van der Waals surface area contributed by atoms with E-state index in [-0.39, 0.29) is 29.4 Å². The van der Waals surface area contributed by atoms with Crippen LogP contribution in [0.25, 0.3) is 0 Å². The van der Waals surface area contributed by atoms with Gasteiger partial charge in [0.15, 0.2) is 5.69 Å². The molecule has 20 heavy (non-hydrogen) atoms. The normalized spacial score (nSPS) is 13.3. The first-order valence-electron chi connectivity index (χ1n) is 6.26. The van der Waals surface area contributed by atoms with Crippen molar-refractivity contribution < 1.29 is 18.0 Å². The maximum Gasteiger partial charge on any atom is 0.436 e. The molecule has 1 rings (SSSR count). The third kappa shape index (κ3) is 4.22. The van der Waals surface area contributed by atoms with Gasteiger partial charge in [-0.25, -0.2) is 0 Å². The average Bonchev–Trinajstić information content (AvgIpc) is 2.63. The molecule has 1 atom stereocenters. The smallest absolute Gasteiger partial charge is 0.354 e. The van der Waals surface area contributed by atoms with Crippen molar-refractivity contribution in [3.8, 4) is 0 Å². The summed E-state index contributed by atoms with van der Waals surface area (Å²) >= 11 is 2.89. The van der Waals surface area contributed by atoms with Gasteiger partial charge in [-0.05, 0) is 36.2 Å². The lowest BCUT2D eigenvalue weighted by Gasteiger charge is -2.11. The molecule has 1 aromatic heterocycles. The Balaban J connectivity index is 2.73. The molecular weight excluding hydrogens is 339 g/mol. The fraction of sp³-hybridized carbons (Fsp3) is 0.667. The number of halogens is 4. The van der Waals surface area contributed by atoms with Gasteiger partial charge in [0.1, 0.15) is 0 Å². The number of hydrogen-bond donors (Lipinski definition) is 1. The summed E-state index contributed by atoms with van der Waals surface area (Å²) in [5.74, 6) is -0.195. The second-order valence-corrected chi connectivity index (χ2v) is 5.39. The van der Waals surface area contributed by atoms with Crippen LogP contribution in [0.15, 0.2) is 4.47 Å². The van der Waals surface area contributed by atoms with Crippen LogP contribution >= 0.6 is 15.9 Å². The number of carbonyl (C=O) groups is 1. The molecule has 0 aromatic carbocycles. The summed E-state index contributed by atoms with van der Waals surface area (Å²) in [6.45, 7) is 5.45. The fourth-order valence-electron chi connectivity index (χ4n) is 1.58. The van der Waals surface area contributed by atoms with Crippen LogP contribution < -0.4 is 5.32 Å². The summed E-state index contributed by atoms with van der Waals surface area (Å²) in [5.41, 5.74) is -0.606. The van der Waals surface area contributed by atoms with E-state index < -0.39 is 11.9 Å². The molecule has 1 unspecified atom stereocenters. The molecule has 0 bridgehead atoms. The number of alkyl halides is 3. The van der Waals surface area contributed by atoms with Crippen molar-refractivity contribution in [3.05, 3.63) is 15.9 Å². The number of aryl methyl sites for hydroxylation is 1. The highest BCUT2D eigenvalue weighted by atomic mass is 79.9. The van der Waals surface area contributed by atoms with Crippen molar-refractivity contribution in [2.45, 2.75) is 52.4 Å². The number of carbonyl (C=O) groups excluding carboxylic acids is 1. The summed E-state index contributed by atoms with van der Waals surface area (Å²) in [7, 11) is 0. The lowest BCUT2D eigenvalue weighted by atomic mass is 10.2. The molecule has 0 saturated heterocycles. The Kier molecular flexibility index (Phi) is 5.61. The monoisotopic (exact) mass is 355 g/mol. The minimum Gasteiger partial charge on any atom is -0.354 e. The van der Waals surface area contributed by atoms with Crippen LogP contribution in [0.5, 0.6) is 0 Å². The molecule has 1 N–H and O–H groups in total.